The maximum atomic E-state index is 11.2. The third-order valence-electron chi connectivity index (χ3n) is 1.96. The molecule has 0 aromatic rings. The van der Waals surface area contributed by atoms with Gasteiger partial charge in [-0.2, -0.15) is 0 Å². The molecule has 0 atom stereocenters. The van der Waals surface area contributed by atoms with Crippen molar-refractivity contribution in [3.8, 4) is 0 Å². The lowest BCUT2D eigenvalue weighted by atomic mass is 10.5. The van der Waals surface area contributed by atoms with Crippen molar-refractivity contribution in [3.63, 3.8) is 0 Å². The normalized spacial score (nSPS) is 15.9. The summed E-state index contributed by atoms with van der Waals surface area (Å²) in [6, 6.07) is 0.455. The molecule has 14 heavy (non-hydrogen) atoms. The van der Waals surface area contributed by atoms with Gasteiger partial charge in [0.2, 0.25) is 5.91 Å². The molecule has 1 saturated carbocycles. The zero-order valence-corrected chi connectivity index (χ0v) is 9.01. The van der Waals surface area contributed by atoms with Crippen LogP contribution in [0.25, 0.3) is 0 Å². The third kappa shape index (κ3) is 5.94. The molecule has 2 N–H and O–H groups in total. The Morgan fingerprint density at radius 1 is 1.50 bits per heavy atom. The Morgan fingerprint density at radius 3 is 2.79 bits per heavy atom. The van der Waals surface area contributed by atoms with Gasteiger partial charge in [-0.25, -0.2) is 0 Å². The first-order valence-corrected chi connectivity index (χ1v) is 5.30. The van der Waals surface area contributed by atoms with Crippen LogP contribution in [0.5, 0.6) is 0 Å². The van der Waals surface area contributed by atoms with E-state index < -0.39 is 0 Å². The average molecular weight is 200 g/mol. The molecule has 0 aromatic heterocycles. The fourth-order valence-corrected chi connectivity index (χ4v) is 1.08. The van der Waals surface area contributed by atoms with Crippen molar-refractivity contribution in [2.45, 2.75) is 38.8 Å². The summed E-state index contributed by atoms with van der Waals surface area (Å²) in [6.07, 6.45) is 2.54. The number of nitrogens with one attached hydrogen (secondary N) is 2. The van der Waals surface area contributed by atoms with Crippen LogP contribution in [-0.2, 0) is 9.53 Å². The van der Waals surface area contributed by atoms with Gasteiger partial charge in [0, 0.05) is 12.6 Å². The first-order chi connectivity index (χ1) is 6.68. The van der Waals surface area contributed by atoms with Crippen molar-refractivity contribution in [1.82, 2.24) is 10.6 Å². The van der Waals surface area contributed by atoms with E-state index in [0.717, 1.165) is 19.4 Å². The number of carbonyl (C=O) groups is 1. The van der Waals surface area contributed by atoms with E-state index in [0.29, 0.717) is 19.2 Å². The van der Waals surface area contributed by atoms with E-state index in [9.17, 15) is 4.79 Å². The molecule has 1 amide bonds. The van der Waals surface area contributed by atoms with Gasteiger partial charge in [-0.15, -0.1) is 0 Å². The first kappa shape index (κ1) is 11.5. The topological polar surface area (TPSA) is 50.4 Å². The number of amides is 1. The fraction of sp³-hybridized carbons (Fsp3) is 0.900. The highest BCUT2D eigenvalue weighted by molar-refractivity contribution is 5.78. The van der Waals surface area contributed by atoms with E-state index in [1.165, 1.54) is 0 Å². The summed E-state index contributed by atoms with van der Waals surface area (Å²) in [7, 11) is 0. The van der Waals surface area contributed by atoms with Crippen LogP contribution >= 0.6 is 0 Å². The molecule has 0 bridgehead atoms. The molecular formula is C10H20N2O2. The van der Waals surface area contributed by atoms with Crippen molar-refractivity contribution in [2.75, 3.05) is 19.7 Å². The van der Waals surface area contributed by atoms with Crippen LogP contribution in [0.15, 0.2) is 0 Å². The Labute approximate surface area is 85.4 Å². The molecule has 0 spiro atoms. The first-order valence-electron chi connectivity index (χ1n) is 5.30. The Hall–Kier alpha value is -0.610. The lowest BCUT2D eigenvalue weighted by molar-refractivity contribution is -0.120. The molecule has 4 nitrogen and oxygen atoms in total. The Kier molecular flexibility index (Phi) is 4.90. The average Bonchev–Trinajstić information content (AvgIpc) is 2.87. The highest BCUT2D eigenvalue weighted by atomic mass is 16.5. The number of hydrogen-bond donors (Lipinski definition) is 2. The van der Waals surface area contributed by atoms with Gasteiger partial charge in [0.05, 0.1) is 19.3 Å². The molecule has 0 saturated heterocycles. The van der Waals surface area contributed by atoms with Gasteiger partial charge in [-0.05, 0) is 26.7 Å². The minimum atomic E-state index is 0.0945. The van der Waals surface area contributed by atoms with Crippen LogP contribution in [0.1, 0.15) is 26.7 Å². The maximum Gasteiger partial charge on any atom is 0.234 e. The molecule has 0 unspecified atom stereocenters. The molecule has 1 fully saturated rings. The van der Waals surface area contributed by atoms with Gasteiger partial charge in [0.15, 0.2) is 0 Å². The summed E-state index contributed by atoms with van der Waals surface area (Å²) in [4.78, 5) is 11.2. The van der Waals surface area contributed by atoms with Crippen molar-refractivity contribution >= 4 is 5.91 Å². The zero-order valence-electron chi connectivity index (χ0n) is 9.01. The van der Waals surface area contributed by atoms with E-state index in [4.69, 9.17) is 4.74 Å². The number of ether oxygens (including phenoxy) is 1. The van der Waals surface area contributed by atoms with Crippen LogP contribution in [0, 0.1) is 0 Å². The molecule has 1 aliphatic carbocycles. The van der Waals surface area contributed by atoms with Gasteiger partial charge in [-0.3, -0.25) is 4.79 Å². The lowest BCUT2D eigenvalue weighted by Crippen LogP contribution is -2.36. The monoisotopic (exact) mass is 200 g/mol. The summed E-state index contributed by atoms with van der Waals surface area (Å²) in [6.45, 7) is 5.79. The van der Waals surface area contributed by atoms with Crippen LogP contribution in [0.2, 0.25) is 0 Å². The minimum Gasteiger partial charge on any atom is -0.377 e. The van der Waals surface area contributed by atoms with Crippen LogP contribution in [0.4, 0.5) is 0 Å². The van der Waals surface area contributed by atoms with E-state index in [-0.39, 0.29) is 12.0 Å². The molecule has 0 aliphatic heterocycles. The second-order valence-corrected chi connectivity index (χ2v) is 3.94. The largest absolute Gasteiger partial charge is 0.377 e. The molecule has 4 heteroatoms. The van der Waals surface area contributed by atoms with Gasteiger partial charge < -0.3 is 15.4 Å². The van der Waals surface area contributed by atoms with Crippen LogP contribution < -0.4 is 10.6 Å². The van der Waals surface area contributed by atoms with Crippen LogP contribution in [-0.4, -0.2) is 37.7 Å². The zero-order chi connectivity index (χ0) is 10.4. The number of rotatable bonds is 7. The summed E-state index contributed by atoms with van der Waals surface area (Å²) in [5.41, 5.74) is 0. The highest BCUT2D eigenvalue weighted by Crippen LogP contribution is 2.17. The predicted octanol–water partition coefficient (Wildman–Crippen LogP) is 0.280. The Balaban J connectivity index is 1.84. The number of hydrogen-bond acceptors (Lipinski definition) is 3. The van der Waals surface area contributed by atoms with E-state index in [1.54, 1.807) is 0 Å². The summed E-state index contributed by atoms with van der Waals surface area (Å²) < 4.78 is 5.32. The maximum absolute atomic E-state index is 11.2. The number of carbonyl (C=O) groups excluding carboxylic acids is 1. The SMILES string of the molecule is CC(C)OCCNCC(=O)NC1CC1. The van der Waals surface area contributed by atoms with Crippen molar-refractivity contribution in [2.24, 2.45) is 0 Å². The Bertz CT molecular complexity index is 179. The van der Waals surface area contributed by atoms with Gasteiger partial charge >= 0.3 is 0 Å². The summed E-state index contributed by atoms with van der Waals surface area (Å²) >= 11 is 0. The molecule has 1 aliphatic rings. The fourth-order valence-electron chi connectivity index (χ4n) is 1.08. The molecule has 1 rings (SSSR count). The summed E-state index contributed by atoms with van der Waals surface area (Å²) in [5.74, 6) is 0.0945. The molecular weight excluding hydrogens is 180 g/mol. The Morgan fingerprint density at radius 2 is 2.21 bits per heavy atom. The van der Waals surface area contributed by atoms with Crippen molar-refractivity contribution in [1.29, 1.82) is 0 Å². The van der Waals surface area contributed by atoms with Crippen molar-refractivity contribution in [3.05, 3.63) is 0 Å². The van der Waals surface area contributed by atoms with Gasteiger partial charge in [0.25, 0.3) is 0 Å². The standard InChI is InChI=1S/C10H20N2O2/c1-8(2)14-6-5-11-7-10(13)12-9-3-4-9/h8-9,11H,3-7H2,1-2H3,(H,12,13). The second-order valence-electron chi connectivity index (χ2n) is 3.94. The summed E-state index contributed by atoms with van der Waals surface area (Å²) in [5, 5.41) is 5.95. The molecule has 0 heterocycles. The van der Waals surface area contributed by atoms with E-state index >= 15 is 0 Å². The quantitative estimate of drug-likeness (QED) is 0.580. The molecule has 0 aromatic carbocycles. The van der Waals surface area contributed by atoms with Gasteiger partial charge in [-0.1, -0.05) is 0 Å². The smallest absolute Gasteiger partial charge is 0.234 e. The molecule has 82 valence electrons. The third-order valence-corrected chi connectivity index (χ3v) is 1.96. The minimum absolute atomic E-state index is 0.0945. The second kappa shape index (κ2) is 5.98. The van der Waals surface area contributed by atoms with Crippen molar-refractivity contribution < 1.29 is 9.53 Å². The van der Waals surface area contributed by atoms with Gasteiger partial charge in [0.1, 0.15) is 0 Å². The van der Waals surface area contributed by atoms with E-state index in [2.05, 4.69) is 10.6 Å². The molecule has 0 radical (unpaired) electrons. The lowest BCUT2D eigenvalue weighted by Gasteiger charge is -2.08. The predicted molar refractivity (Wildman–Crippen MR) is 55.1 cm³/mol. The van der Waals surface area contributed by atoms with E-state index in [1.807, 2.05) is 13.8 Å². The van der Waals surface area contributed by atoms with Crippen LogP contribution in [0.3, 0.4) is 0 Å². The highest BCUT2D eigenvalue weighted by Gasteiger charge is 2.22.